The molecule has 3 aliphatic rings. The van der Waals surface area contributed by atoms with Crippen molar-refractivity contribution in [2.75, 3.05) is 45.9 Å². The normalized spacial score (nSPS) is 21.2. The first kappa shape index (κ1) is 18.1. The minimum atomic E-state index is 0.224. The van der Waals surface area contributed by atoms with E-state index in [9.17, 15) is 4.79 Å². The van der Waals surface area contributed by atoms with Crippen LogP contribution in [0.5, 0.6) is 0 Å². The van der Waals surface area contributed by atoms with Crippen molar-refractivity contribution < 1.29 is 9.53 Å². The van der Waals surface area contributed by atoms with Crippen molar-refractivity contribution >= 4 is 16.8 Å². The number of hydrogen-bond acceptors (Lipinski definition) is 4. The number of nitrogens with zero attached hydrogens (tertiary/aromatic N) is 3. The van der Waals surface area contributed by atoms with Crippen LogP contribution in [0, 0.1) is 5.92 Å². The summed E-state index contributed by atoms with van der Waals surface area (Å²) >= 11 is 0. The van der Waals surface area contributed by atoms with Crippen LogP contribution in [0.4, 0.5) is 0 Å². The molecule has 28 heavy (non-hydrogen) atoms. The standard InChI is InChI=1S/C23H29N3O2/c27-23(26-10-8-17(9-11-26)16-25-12-14-28-15-13-25)22-18-4-1-2-6-20(18)24-21-7-3-5-19(21)22/h1-2,4,6,17H,3,5,7-16H2. The third kappa shape index (κ3) is 3.42. The van der Waals surface area contributed by atoms with Gasteiger partial charge in [0.15, 0.2) is 0 Å². The van der Waals surface area contributed by atoms with E-state index in [1.165, 1.54) is 5.56 Å². The largest absolute Gasteiger partial charge is 0.379 e. The zero-order chi connectivity index (χ0) is 18.9. The number of aromatic nitrogens is 1. The van der Waals surface area contributed by atoms with Gasteiger partial charge in [0.2, 0.25) is 0 Å². The quantitative estimate of drug-likeness (QED) is 0.823. The summed E-state index contributed by atoms with van der Waals surface area (Å²) in [5.41, 5.74) is 4.25. The lowest BCUT2D eigenvalue weighted by atomic mass is 9.94. The number of hydrogen-bond donors (Lipinski definition) is 0. The predicted octanol–water partition coefficient (Wildman–Crippen LogP) is 2.91. The van der Waals surface area contributed by atoms with Gasteiger partial charge >= 0.3 is 0 Å². The van der Waals surface area contributed by atoms with Gasteiger partial charge in [-0.1, -0.05) is 18.2 Å². The molecule has 0 radical (unpaired) electrons. The third-order valence-corrected chi connectivity index (χ3v) is 6.65. The molecule has 5 nitrogen and oxygen atoms in total. The van der Waals surface area contributed by atoms with Gasteiger partial charge in [0.25, 0.3) is 5.91 Å². The number of pyridine rings is 1. The first-order chi connectivity index (χ1) is 13.8. The van der Waals surface area contributed by atoms with Gasteiger partial charge in [0, 0.05) is 43.8 Å². The summed E-state index contributed by atoms with van der Waals surface area (Å²) in [6, 6.07) is 8.15. The molecular weight excluding hydrogens is 350 g/mol. The van der Waals surface area contributed by atoms with E-state index in [-0.39, 0.29) is 5.91 Å². The lowest BCUT2D eigenvalue weighted by Gasteiger charge is -2.36. The molecule has 0 bridgehead atoms. The van der Waals surface area contributed by atoms with Gasteiger partial charge in [0.1, 0.15) is 0 Å². The Hall–Kier alpha value is -1.98. The average molecular weight is 380 g/mol. The topological polar surface area (TPSA) is 45.7 Å². The molecule has 2 fully saturated rings. The molecular formula is C23H29N3O2. The van der Waals surface area contributed by atoms with Gasteiger partial charge in [-0.25, -0.2) is 0 Å². The number of aryl methyl sites for hydroxylation is 1. The van der Waals surface area contributed by atoms with Gasteiger partial charge in [-0.3, -0.25) is 14.7 Å². The van der Waals surface area contributed by atoms with Crippen LogP contribution in [-0.4, -0.2) is 66.6 Å². The molecule has 148 valence electrons. The van der Waals surface area contributed by atoms with Gasteiger partial charge in [-0.05, 0) is 49.7 Å². The van der Waals surface area contributed by atoms with Crippen molar-refractivity contribution in [2.24, 2.45) is 5.92 Å². The molecule has 0 unspecified atom stereocenters. The smallest absolute Gasteiger partial charge is 0.254 e. The number of rotatable bonds is 3. The van der Waals surface area contributed by atoms with Crippen molar-refractivity contribution in [1.82, 2.24) is 14.8 Å². The van der Waals surface area contributed by atoms with Gasteiger partial charge in [-0.15, -0.1) is 0 Å². The Kier molecular flexibility index (Phi) is 5.03. The molecule has 1 aromatic carbocycles. The number of carbonyl (C=O) groups is 1. The molecule has 1 aromatic heterocycles. The molecule has 5 heteroatoms. The molecule has 0 atom stereocenters. The van der Waals surface area contributed by atoms with Crippen LogP contribution in [0.2, 0.25) is 0 Å². The van der Waals surface area contributed by atoms with Crippen LogP contribution in [0.3, 0.4) is 0 Å². The molecule has 2 saturated heterocycles. The van der Waals surface area contributed by atoms with Crippen molar-refractivity contribution in [3.8, 4) is 0 Å². The zero-order valence-corrected chi connectivity index (χ0v) is 16.5. The predicted molar refractivity (Wildman–Crippen MR) is 110 cm³/mol. The molecule has 0 saturated carbocycles. The highest BCUT2D eigenvalue weighted by Crippen LogP contribution is 2.32. The summed E-state index contributed by atoms with van der Waals surface area (Å²) in [7, 11) is 0. The van der Waals surface area contributed by atoms with Crippen LogP contribution < -0.4 is 0 Å². The molecule has 0 N–H and O–H groups in total. The van der Waals surface area contributed by atoms with Crippen molar-refractivity contribution in [1.29, 1.82) is 0 Å². The Morgan fingerprint density at radius 1 is 1.07 bits per heavy atom. The Labute approximate surface area is 166 Å². The Morgan fingerprint density at radius 2 is 1.86 bits per heavy atom. The van der Waals surface area contributed by atoms with E-state index in [0.29, 0.717) is 5.92 Å². The van der Waals surface area contributed by atoms with E-state index in [1.54, 1.807) is 0 Å². The highest BCUT2D eigenvalue weighted by Gasteiger charge is 2.30. The fourth-order valence-corrected chi connectivity index (χ4v) is 5.08. The van der Waals surface area contributed by atoms with Crippen molar-refractivity contribution in [2.45, 2.75) is 32.1 Å². The lowest BCUT2D eigenvalue weighted by molar-refractivity contribution is 0.0243. The number of morpholine rings is 1. The first-order valence-corrected chi connectivity index (χ1v) is 10.8. The number of amides is 1. The number of piperidine rings is 1. The first-order valence-electron chi connectivity index (χ1n) is 10.8. The summed E-state index contributed by atoms with van der Waals surface area (Å²) in [5.74, 6) is 0.920. The summed E-state index contributed by atoms with van der Waals surface area (Å²) < 4.78 is 5.46. The Balaban J connectivity index is 1.32. The molecule has 1 amide bonds. The van der Waals surface area contributed by atoms with Crippen LogP contribution in [0.25, 0.3) is 10.9 Å². The fourth-order valence-electron chi connectivity index (χ4n) is 5.08. The molecule has 5 rings (SSSR count). The lowest BCUT2D eigenvalue weighted by Crippen LogP contribution is -2.44. The summed E-state index contributed by atoms with van der Waals surface area (Å²) in [4.78, 5) is 23.0. The highest BCUT2D eigenvalue weighted by molar-refractivity contribution is 6.07. The van der Waals surface area contributed by atoms with E-state index in [4.69, 9.17) is 9.72 Å². The minimum Gasteiger partial charge on any atom is -0.379 e. The number of para-hydroxylation sites is 1. The monoisotopic (exact) mass is 379 g/mol. The number of fused-ring (bicyclic) bond motifs is 2. The highest BCUT2D eigenvalue weighted by atomic mass is 16.5. The number of benzene rings is 1. The SMILES string of the molecule is O=C(c1c2c(nc3ccccc13)CCC2)N1CCC(CN2CCOCC2)CC1. The van der Waals surface area contributed by atoms with Crippen molar-refractivity contribution in [3.05, 3.63) is 41.1 Å². The molecule has 2 aromatic rings. The number of ether oxygens (including phenoxy) is 1. The molecule has 3 heterocycles. The van der Waals surface area contributed by atoms with Gasteiger partial charge in [0.05, 0.1) is 24.3 Å². The van der Waals surface area contributed by atoms with Crippen molar-refractivity contribution in [3.63, 3.8) is 0 Å². The fraction of sp³-hybridized carbons (Fsp3) is 0.565. The van der Waals surface area contributed by atoms with Crippen LogP contribution in [-0.2, 0) is 17.6 Å². The van der Waals surface area contributed by atoms with Crippen LogP contribution in [0.15, 0.2) is 24.3 Å². The second kappa shape index (κ2) is 7.80. The van der Waals surface area contributed by atoms with E-state index in [1.807, 2.05) is 18.2 Å². The van der Waals surface area contributed by atoms with E-state index in [0.717, 1.165) is 100 Å². The summed E-state index contributed by atoms with van der Waals surface area (Å²) in [5, 5.41) is 1.03. The average Bonchev–Trinajstić information content (AvgIpc) is 3.21. The molecule has 0 spiro atoms. The molecule has 1 aliphatic carbocycles. The maximum Gasteiger partial charge on any atom is 0.254 e. The maximum absolute atomic E-state index is 13.5. The molecule has 2 aliphatic heterocycles. The number of carbonyl (C=O) groups excluding carboxylic acids is 1. The van der Waals surface area contributed by atoms with E-state index >= 15 is 0 Å². The zero-order valence-electron chi connectivity index (χ0n) is 16.5. The Morgan fingerprint density at radius 3 is 2.68 bits per heavy atom. The summed E-state index contributed by atoms with van der Waals surface area (Å²) in [6.07, 6.45) is 5.31. The van der Waals surface area contributed by atoms with E-state index in [2.05, 4.69) is 15.9 Å². The van der Waals surface area contributed by atoms with Gasteiger partial charge < -0.3 is 9.64 Å². The number of likely N-dealkylation sites (tertiary alicyclic amines) is 1. The second-order valence-corrected chi connectivity index (χ2v) is 8.43. The van der Waals surface area contributed by atoms with Gasteiger partial charge in [-0.2, -0.15) is 0 Å². The minimum absolute atomic E-state index is 0.224. The second-order valence-electron chi connectivity index (χ2n) is 8.43. The van der Waals surface area contributed by atoms with E-state index < -0.39 is 0 Å². The Bertz CT molecular complexity index is 868. The summed E-state index contributed by atoms with van der Waals surface area (Å²) in [6.45, 7) is 6.72. The van der Waals surface area contributed by atoms with Crippen LogP contribution in [0.1, 0.15) is 40.9 Å². The maximum atomic E-state index is 13.5. The third-order valence-electron chi connectivity index (χ3n) is 6.65. The van der Waals surface area contributed by atoms with Crippen LogP contribution >= 0.6 is 0 Å².